The lowest BCUT2D eigenvalue weighted by molar-refractivity contribution is -0.116. The topological polar surface area (TPSA) is 49.4 Å². The Bertz CT molecular complexity index is 770. The molecule has 24 heavy (non-hydrogen) atoms. The Morgan fingerprint density at radius 3 is 2.29 bits per heavy atom. The zero-order valence-electron chi connectivity index (χ0n) is 13.7. The number of hydrogen-bond acceptors (Lipinski definition) is 2. The number of amides is 2. The molecular formula is C18H18Cl2N2O2. The average Bonchev–Trinajstić information content (AvgIpc) is 2.50. The number of aryl methyl sites for hydroxylation is 2. The molecule has 2 rings (SSSR count). The fraction of sp³-hybridized carbons (Fsp3) is 0.222. The van der Waals surface area contributed by atoms with Crippen molar-refractivity contribution < 1.29 is 9.59 Å². The monoisotopic (exact) mass is 364 g/mol. The summed E-state index contributed by atoms with van der Waals surface area (Å²) < 4.78 is 0. The molecule has 1 N–H and O–H groups in total. The zero-order chi connectivity index (χ0) is 17.9. The van der Waals surface area contributed by atoms with Gasteiger partial charge in [0.15, 0.2) is 0 Å². The summed E-state index contributed by atoms with van der Waals surface area (Å²) in [6.45, 7) is 3.73. The van der Waals surface area contributed by atoms with Crippen LogP contribution in [-0.4, -0.2) is 30.3 Å². The lowest BCUT2D eigenvalue weighted by Gasteiger charge is -2.18. The van der Waals surface area contributed by atoms with E-state index in [9.17, 15) is 9.59 Å². The molecule has 2 amide bonds. The minimum atomic E-state index is -0.370. The Labute approximate surface area is 151 Å². The summed E-state index contributed by atoms with van der Waals surface area (Å²) >= 11 is 12.0. The first-order valence-electron chi connectivity index (χ1n) is 7.36. The van der Waals surface area contributed by atoms with E-state index in [1.807, 2.05) is 26.0 Å². The number of carbonyl (C=O) groups is 2. The SMILES string of the molecule is Cc1ccc(C(=O)N(C)CC(=O)Nc2c(Cl)cccc2Cl)c(C)c1. The van der Waals surface area contributed by atoms with Crippen LogP contribution in [0.4, 0.5) is 5.69 Å². The van der Waals surface area contributed by atoms with Gasteiger partial charge in [-0.1, -0.05) is 47.0 Å². The minimum absolute atomic E-state index is 0.103. The molecule has 0 saturated carbocycles. The van der Waals surface area contributed by atoms with Crippen molar-refractivity contribution in [2.75, 3.05) is 18.9 Å². The molecule has 0 aliphatic rings. The van der Waals surface area contributed by atoms with E-state index in [-0.39, 0.29) is 18.4 Å². The van der Waals surface area contributed by atoms with E-state index in [4.69, 9.17) is 23.2 Å². The van der Waals surface area contributed by atoms with E-state index in [0.29, 0.717) is 21.3 Å². The number of nitrogens with zero attached hydrogens (tertiary/aromatic N) is 1. The van der Waals surface area contributed by atoms with Gasteiger partial charge in [0.25, 0.3) is 5.91 Å². The molecular weight excluding hydrogens is 347 g/mol. The van der Waals surface area contributed by atoms with E-state index >= 15 is 0 Å². The zero-order valence-corrected chi connectivity index (χ0v) is 15.2. The first kappa shape index (κ1) is 18.3. The number of anilines is 1. The van der Waals surface area contributed by atoms with Crippen molar-refractivity contribution in [1.82, 2.24) is 4.90 Å². The fourth-order valence-electron chi connectivity index (χ4n) is 2.34. The summed E-state index contributed by atoms with van der Waals surface area (Å²) in [5, 5.41) is 3.34. The van der Waals surface area contributed by atoms with Gasteiger partial charge >= 0.3 is 0 Å². The highest BCUT2D eigenvalue weighted by Crippen LogP contribution is 2.29. The Morgan fingerprint density at radius 2 is 1.71 bits per heavy atom. The number of para-hydroxylation sites is 1. The number of carbonyl (C=O) groups excluding carboxylic acids is 2. The average molecular weight is 365 g/mol. The minimum Gasteiger partial charge on any atom is -0.332 e. The van der Waals surface area contributed by atoms with Crippen LogP contribution in [0.3, 0.4) is 0 Å². The fourth-order valence-corrected chi connectivity index (χ4v) is 2.83. The van der Waals surface area contributed by atoms with Crippen molar-refractivity contribution >= 4 is 40.7 Å². The van der Waals surface area contributed by atoms with Crippen molar-refractivity contribution in [1.29, 1.82) is 0 Å². The molecule has 2 aromatic carbocycles. The molecule has 0 bridgehead atoms. The predicted molar refractivity (Wildman–Crippen MR) is 98.0 cm³/mol. The summed E-state index contributed by atoms with van der Waals surface area (Å²) in [4.78, 5) is 26.0. The van der Waals surface area contributed by atoms with Crippen LogP contribution in [0, 0.1) is 13.8 Å². The molecule has 0 unspecified atom stereocenters. The smallest absolute Gasteiger partial charge is 0.254 e. The van der Waals surface area contributed by atoms with Gasteiger partial charge in [0.1, 0.15) is 0 Å². The van der Waals surface area contributed by atoms with Gasteiger partial charge in [-0.05, 0) is 37.6 Å². The molecule has 0 aliphatic heterocycles. The Kier molecular flexibility index (Phi) is 5.86. The van der Waals surface area contributed by atoms with Gasteiger partial charge in [-0.3, -0.25) is 9.59 Å². The highest BCUT2D eigenvalue weighted by molar-refractivity contribution is 6.39. The Balaban J connectivity index is 2.07. The number of benzene rings is 2. The molecule has 0 aromatic heterocycles. The van der Waals surface area contributed by atoms with Gasteiger partial charge in [-0.25, -0.2) is 0 Å². The summed E-state index contributed by atoms with van der Waals surface area (Å²) in [5.74, 6) is -0.585. The highest BCUT2D eigenvalue weighted by Gasteiger charge is 2.18. The predicted octanol–water partition coefficient (Wildman–Crippen LogP) is 4.32. The highest BCUT2D eigenvalue weighted by atomic mass is 35.5. The van der Waals surface area contributed by atoms with Crippen LogP contribution in [0.5, 0.6) is 0 Å². The molecule has 6 heteroatoms. The Morgan fingerprint density at radius 1 is 1.08 bits per heavy atom. The van der Waals surface area contributed by atoms with Crippen LogP contribution < -0.4 is 5.32 Å². The van der Waals surface area contributed by atoms with Gasteiger partial charge in [0.05, 0.1) is 22.3 Å². The van der Waals surface area contributed by atoms with E-state index in [1.165, 1.54) is 4.90 Å². The van der Waals surface area contributed by atoms with Gasteiger partial charge < -0.3 is 10.2 Å². The first-order chi connectivity index (χ1) is 11.3. The number of likely N-dealkylation sites (N-methyl/N-ethyl adjacent to an activating group) is 1. The molecule has 0 aliphatic carbocycles. The lowest BCUT2D eigenvalue weighted by Crippen LogP contribution is -2.35. The van der Waals surface area contributed by atoms with Gasteiger partial charge in [-0.2, -0.15) is 0 Å². The van der Waals surface area contributed by atoms with Crippen LogP contribution in [0.2, 0.25) is 10.0 Å². The lowest BCUT2D eigenvalue weighted by atomic mass is 10.0. The van der Waals surface area contributed by atoms with E-state index in [1.54, 1.807) is 31.3 Å². The summed E-state index contributed by atoms with van der Waals surface area (Å²) in [7, 11) is 1.58. The molecule has 126 valence electrons. The van der Waals surface area contributed by atoms with E-state index in [0.717, 1.165) is 11.1 Å². The van der Waals surface area contributed by atoms with Crippen molar-refractivity contribution in [2.24, 2.45) is 0 Å². The maximum Gasteiger partial charge on any atom is 0.254 e. The third-order valence-corrected chi connectivity index (χ3v) is 4.20. The number of nitrogens with one attached hydrogen (secondary N) is 1. The Hall–Kier alpha value is -2.04. The van der Waals surface area contributed by atoms with Crippen LogP contribution >= 0.6 is 23.2 Å². The standard InChI is InChI=1S/C18H18Cl2N2O2/c1-11-7-8-13(12(2)9-11)18(24)22(3)10-16(23)21-17-14(19)5-4-6-15(17)20/h4-9H,10H2,1-3H3,(H,21,23). The molecule has 2 aromatic rings. The van der Waals surface area contributed by atoms with Crippen LogP contribution in [0.1, 0.15) is 21.5 Å². The molecule has 0 heterocycles. The number of halogens is 2. The van der Waals surface area contributed by atoms with Crippen molar-refractivity contribution in [3.63, 3.8) is 0 Å². The quantitative estimate of drug-likeness (QED) is 0.877. The van der Waals surface area contributed by atoms with Gasteiger partial charge in [-0.15, -0.1) is 0 Å². The summed E-state index contributed by atoms with van der Waals surface area (Å²) in [6.07, 6.45) is 0. The molecule has 0 atom stereocenters. The molecule has 0 spiro atoms. The van der Waals surface area contributed by atoms with Crippen molar-refractivity contribution in [3.05, 3.63) is 63.1 Å². The van der Waals surface area contributed by atoms with Crippen LogP contribution in [-0.2, 0) is 4.79 Å². The first-order valence-corrected chi connectivity index (χ1v) is 8.11. The maximum atomic E-state index is 12.5. The second-order valence-electron chi connectivity index (χ2n) is 5.62. The number of hydrogen-bond donors (Lipinski definition) is 1. The normalized spacial score (nSPS) is 10.4. The third kappa shape index (κ3) is 4.28. The summed E-state index contributed by atoms with van der Waals surface area (Å²) in [5.41, 5.74) is 2.88. The third-order valence-electron chi connectivity index (χ3n) is 3.57. The molecule has 0 radical (unpaired) electrons. The van der Waals surface area contributed by atoms with E-state index in [2.05, 4.69) is 5.32 Å². The van der Waals surface area contributed by atoms with E-state index < -0.39 is 0 Å². The second-order valence-corrected chi connectivity index (χ2v) is 6.44. The van der Waals surface area contributed by atoms with Gasteiger partial charge in [0, 0.05) is 12.6 Å². The van der Waals surface area contributed by atoms with Gasteiger partial charge in [0.2, 0.25) is 5.91 Å². The molecule has 0 saturated heterocycles. The van der Waals surface area contributed by atoms with Crippen molar-refractivity contribution in [2.45, 2.75) is 13.8 Å². The van der Waals surface area contributed by atoms with Crippen LogP contribution in [0.15, 0.2) is 36.4 Å². The maximum absolute atomic E-state index is 12.5. The second kappa shape index (κ2) is 7.69. The summed E-state index contributed by atoms with van der Waals surface area (Å²) in [6, 6.07) is 10.5. The largest absolute Gasteiger partial charge is 0.332 e. The van der Waals surface area contributed by atoms with Crippen molar-refractivity contribution in [3.8, 4) is 0 Å². The molecule has 0 fully saturated rings. The van der Waals surface area contributed by atoms with Crippen LogP contribution in [0.25, 0.3) is 0 Å². The molecule has 4 nitrogen and oxygen atoms in total. The number of rotatable bonds is 4.